The van der Waals surface area contributed by atoms with Crippen molar-refractivity contribution in [1.29, 1.82) is 0 Å². The minimum absolute atomic E-state index is 0.183. The fraction of sp³-hybridized carbons (Fsp3) is 0.176. The van der Waals surface area contributed by atoms with Crippen molar-refractivity contribution in [3.8, 4) is 0 Å². The molecule has 2 aromatic carbocycles. The molecule has 0 atom stereocenters. The predicted molar refractivity (Wildman–Crippen MR) is 81.4 cm³/mol. The van der Waals surface area contributed by atoms with Gasteiger partial charge in [-0.05, 0) is 42.8 Å². The lowest BCUT2D eigenvalue weighted by atomic mass is 10.2. The average molecular weight is 283 g/mol. The van der Waals surface area contributed by atoms with Crippen molar-refractivity contribution < 1.29 is 14.3 Å². The first-order valence-electron chi connectivity index (χ1n) is 6.84. The minimum atomic E-state index is -0.349. The Bertz CT molecular complexity index is 606. The van der Waals surface area contributed by atoms with Crippen LogP contribution in [0.25, 0.3) is 0 Å². The van der Waals surface area contributed by atoms with Crippen LogP contribution in [0.3, 0.4) is 0 Å². The molecule has 2 rings (SSSR count). The first kappa shape index (κ1) is 14.8. The van der Waals surface area contributed by atoms with Crippen LogP contribution in [0.2, 0.25) is 0 Å². The topological polar surface area (TPSA) is 55.4 Å². The maximum absolute atomic E-state index is 12.0. The quantitative estimate of drug-likeness (QED) is 0.854. The van der Waals surface area contributed by atoms with Crippen molar-refractivity contribution in [1.82, 2.24) is 0 Å². The molecule has 0 saturated carbocycles. The van der Waals surface area contributed by atoms with Gasteiger partial charge in [-0.2, -0.15) is 0 Å². The second kappa shape index (κ2) is 7.24. The number of ether oxygens (including phenoxy) is 1. The molecular formula is C17H17NO3. The Labute approximate surface area is 123 Å². The molecule has 0 aromatic heterocycles. The van der Waals surface area contributed by atoms with Crippen molar-refractivity contribution in [3.05, 3.63) is 65.7 Å². The minimum Gasteiger partial charge on any atom is -0.462 e. The van der Waals surface area contributed by atoms with Crippen LogP contribution in [0.15, 0.2) is 54.6 Å². The van der Waals surface area contributed by atoms with E-state index in [9.17, 15) is 9.59 Å². The lowest BCUT2D eigenvalue weighted by Crippen LogP contribution is -2.12. The summed E-state index contributed by atoms with van der Waals surface area (Å²) in [4.78, 5) is 23.6. The van der Waals surface area contributed by atoms with Gasteiger partial charge in [0, 0.05) is 11.3 Å². The van der Waals surface area contributed by atoms with Gasteiger partial charge in [0.1, 0.15) is 0 Å². The molecule has 0 unspecified atom stereocenters. The third-order valence-electron chi connectivity index (χ3n) is 2.85. The zero-order valence-corrected chi connectivity index (χ0v) is 11.8. The van der Waals surface area contributed by atoms with E-state index >= 15 is 0 Å². The number of esters is 1. The lowest BCUT2D eigenvalue weighted by molar-refractivity contribution is 0.0505. The van der Waals surface area contributed by atoms with Gasteiger partial charge < -0.3 is 10.1 Å². The van der Waals surface area contributed by atoms with Crippen LogP contribution < -0.4 is 5.32 Å². The summed E-state index contributed by atoms with van der Waals surface area (Å²) >= 11 is 0. The van der Waals surface area contributed by atoms with Gasteiger partial charge >= 0.3 is 5.97 Å². The average Bonchev–Trinajstić information content (AvgIpc) is 2.54. The summed E-state index contributed by atoms with van der Waals surface area (Å²) in [6.45, 7) is 2.35. The molecule has 0 aliphatic carbocycles. The summed E-state index contributed by atoms with van der Waals surface area (Å²) in [5.41, 5.74) is 1.70. The van der Waals surface area contributed by atoms with Gasteiger partial charge in [0.25, 0.3) is 5.91 Å². The van der Waals surface area contributed by atoms with Crippen LogP contribution in [0.1, 0.15) is 34.1 Å². The summed E-state index contributed by atoms with van der Waals surface area (Å²) in [7, 11) is 0. The molecule has 4 heteroatoms. The van der Waals surface area contributed by atoms with Gasteiger partial charge in [0.2, 0.25) is 0 Å². The Morgan fingerprint density at radius 1 is 0.952 bits per heavy atom. The van der Waals surface area contributed by atoms with Gasteiger partial charge in [-0.25, -0.2) is 4.79 Å². The highest BCUT2D eigenvalue weighted by molar-refractivity contribution is 6.04. The molecule has 0 fully saturated rings. The number of rotatable bonds is 5. The van der Waals surface area contributed by atoms with E-state index in [0.717, 1.165) is 6.42 Å². The van der Waals surface area contributed by atoms with Crippen molar-refractivity contribution in [2.45, 2.75) is 13.3 Å². The van der Waals surface area contributed by atoms with Gasteiger partial charge in [-0.15, -0.1) is 0 Å². The Balaban J connectivity index is 1.99. The standard InChI is InChI=1S/C17H17NO3/c1-2-12-21-17(20)14-8-10-15(11-9-14)18-16(19)13-6-4-3-5-7-13/h3-11H,2,12H2,1H3,(H,18,19). The number of benzene rings is 2. The number of hydrogen-bond acceptors (Lipinski definition) is 3. The zero-order valence-electron chi connectivity index (χ0n) is 11.8. The van der Waals surface area contributed by atoms with Gasteiger partial charge in [0.05, 0.1) is 12.2 Å². The maximum atomic E-state index is 12.0. The summed E-state index contributed by atoms with van der Waals surface area (Å²) in [5, 5.41) is 2.78. The molecule has 1 N–H and O–H groups in total. The molecule has 1 amide bonds. The Morgan fingerprint density at radius 2 is 1.62 bits per heavy atom. The second-order valence-electron chi connectivity index (χ2n) is 4.53. The fourth-order valence-electron chi connectivity index (χ4n) is 1.76. The van der Waals surface area contributed by atoms with E-state index in [2.05, 4.69) is 5.32 Å². The third kappa shape index (κ3) is 4.18. The van der Waals surface area contributed by atoms with Crippen molar-refractivity contribution in [2.24, 2.45) is 0 Å². The van der Waals surface area contributed by atoms with Crippen molar-refractivity contribution in [2.75, 3.05) is 11.9 Å². The molecule has 0 bridgehead atoms. The molecule has 0 aliphatic rings. The Morgan fingerprint density at radius 3 is 2.24 bits per heavy atom. The van der Waals surface area contributed by atoms with E-state index in [0.29, 0.717) is 23.4 Å². The van der Waals surface area contributed by atoms with Crippen LogP contribution in [-0.2, 0) is 4.74 Å². The van der Waals surface area contributed by atoms with Crippen LogP contribution in [-0.4, -0.2) is 18.5 Å². The molecule has 0 spiro atoms. The number of hydrogen-bond donors (Lipinski definition) is 1. The van der Waals surface area contributed by atoms with Crippen LogP contribution in [0.5, 0.6) is 0 Å². The maximum Gasteiger partial charge on any atom is 0.338 e. The number of carbonyl (C=O) groups is 2. The smallest absolute Gasteiger partial charge is 0.338 e. The normalized spacial score (nSPS) is 9.95. The molecule has 108 valence electrons. The molecule has 0 radical (unpaired) electrons. The van der Waals surface area contributed by atoms with Gasteiger partial charge in [0.15, 0.2) is 0 Å². The summed E-state index contributed by atoms with van der Waals surface area (Å²) in [6, 6.07) is 15.6. The Kier molecular flexibility index (Phi) is 5.10. The number of anilines is 1. The van der Waals surface area contributed by atoms with E-state index in [1.54, 1.807) is 36.4 Å². The van der Waals surface area contributed by atoms with E-state index in [1.807, 2.05) is 25.1 Å². The lowest BCUT2D eigenvalue weighted by Gasteiger charge is -2.07. The highest BCUT2D eigenvalue weighted by Gasteiger charge is 2.08. The van der Waals surface area contributed by atoms with E-state index in [1.165, 1.54) is 0 Å². The molecule has 4 nitrogen and oxygen atoms in total. The predicted octanol–water partition coefficient (Wildman–Crippen LogP) is 3.51. The van der Waals surface area contributed by atoms with E-state index < -0.39 is 0 Å². The summed E-state index contributed by atoms with van der Waals surface area (Å²) in [5.74, 6) is -0.533. The van der Waals surface area contributed by atoms with Crippen LogP contribution in [0.4, 0.5) is 5.69 Å². The molecule has 0 saturated heterocycles. The fourth-order valence-corrected chi connectivity index (χ4v) is 1.76. The number of amides is 1. The third-order valence-corrected chi connectivity index (χ3v) is 2.85. The van der Waals surface area contributed by atoms with Crippen LogP contribution >= 0.6 is 0 Å². The second-order valence-corrected chi connectivity index (χ2v) is 4.53. The highest BCUT2D eigenvalue weighted by Crippen LogP contribution is 2.12. The summed E-state index contributed by atoms with van der Waals surface area (Å²) in [6.07, 6.45) is 0.789. The molecular weight excluding hydrogens is 266 g/mol. The highest BCUT2D eigenvalue weighted by atomic mass is 16.5. The molecule has 0 aliphatic heterocycles. The van der Waals surface area contributed by atoms with E-state index in [4.69, 9.17) is 4.74 Å². The monoisotopic (exact) mass is 283 g/mol. The first-order chi connectivity index (χ1) is 10.2. The SMILES string of the molecule is CCCOC(=O)c1ccc(NC(=O)c2ccccc2)cc1. The Hall–Kier alpha value is -2.62. The van der Waals surface area contributed by atoms with Crippen molar-refractivity contribution >= 4 is 17.6 Å². The van der Waals surface area contributed by atoms with Gasteiger partial charge in [-0.3, -0.25) is 4.79 Å². The summed E-state index contributed by atoms with van der Waals surface area (Å²) < 4.78 is 5.04. The first-order valence-corrected chi connectivity index (χ1v) is 6.84. The van der Waals surface area contributed by atoms with Crippen molar-refractivity contribution in [3.63, 3.8) is 0 Å². The number of nitrogens with one attached hydrogen (secondary N) is 1. The van der Waals surface area contributed by atoms with Crippen LogP contribution in [0, 0.1) is 0 Å². The number of carbonyl (C=O) groups excluding carboxylic acids is 2. The molecule has 2 aromatic rings. The largest absolute Gasteiger partial charge is 0.462 e. The molecule has 21 heavy (non-hydrogen) atoms. The van der Waals surface area contributed by atoms with Gasteiger partial charge in [-0.1, -0.05) is 25.1 Å². The van der Waals surface area contributed by atoms with E-state index in [-0.39, 0.29) is 11.9 Å². The molecule has 0 heterocycles. The zero-order chi connectivity index (χ0) is 15.1.